The lowest BCUT2D eigenvalue weighted by Crippen LogP contribution is -2.52. The number of fused-ring (bicyclic) bond motifs is 1. The number of hydrogen-bond acceptors (Lipinski definition) is 4. The van der Waals surface area contributed by atoms with Gasteiger partial charge in [-0.15, -0.1) is 0 Å². The van der Waals surface area contributed by atoms with Crippen molar-refractivity contribution >= 4 is 29.3 Å². The Hall–Kier alpha value is -3.35. The van der Waals surface area contributed by atoms with Crippen LogP contribution in [0.15, 0.2) is 42.5 Å². The molecule has 30 heavy (non-hydrogen) atoms. The molecule has 2 aromatic carbocycles. The van der Waals surface area contributed by atoms with E-state index in [0.717, 1.165) is 23.2 Å². The Kier molecular flexibility index (Phi) is 6.40. The van der Waals surface area contributed by atoms with Crippen molar-refractivity contribution in [2.24, 2.45) is 5.92 Å². The monoisotopic (exact) mass is 409 g/mol. The minimum absolute atomic E-state index is 0.117. The summed E-state index contributed by atoms with van der Waals surface area (Å²) in [4.78, 5) is 39.7. The van der Waals surface area contributed by atoms with Gasteiger partial charge in [0.25, 0.3) is 0 Å². The predicted octanol–water partition coefficient (Wildman–Crippen LogP) is 3.52. The van der Waals surface area contributed by atoms with Crippen LogP contribution in [-0.4, -0.2) is 37.6 Å². The standard InChI is InChI=1S/C23H27N3O4/c1-14(2)20(21(27)26-12-11-16-7-5-6-8-19(16)26)25-23(29)24-18-13-15(3)9-10-17(18)22(28)30-4/h5-10,13-14,20H,11-12H2,1-4H3,(H2,24,25,29). The van der Waals surface area contributed by atoms with Crippen LogP contribution in [0.1, 0.15) is 35.3 Å². The first-order chi connectivity index (χ1) is 14.3. The van der Waals surface area contributed by atoms with Gasteiger partial charge < -0.3 is 20.3 Å². The third kappa shape index (κ3) is 4.45. The highest BCUT2D eigenvalue weighted by molar-refractivity contribution is 6.04. The van der Waals surface area contributed by atoms with E-state index in [0.29, 0.717) is 12.2 Å². The second kappa shape index (κ2) is 8.98. The van der Waals surface area contributed by atoms with Crippen molar-refractivity contribution in [1.82, 2.24) is 5.32 Å². The summed E-state index contributed by atoms with van der Waals surface area (Å²) in [5.41, 5.74) is 3.48. The minimum Gasteiger partial charge on any atom is -0.465 e. The van der Waals surface area contributed by atoms with E-state index in [1.165, 1.54) is 7.11 Å². The Bertz CT molecular complexity index is 971. The lowest BCUT2D eigenvalue weighted by Gasteiger charge is -2.27. The number of urea groups is 1. The molecule has 2 N–H and O–H groups in total. The molecule has 1 aliphatic rings. The number of carbonyl (C=O) groups excluding carboxylic acids is 3. The van der Waals surface area contributed by atoms with Crippen LogP contribution in [-0.2, 0) is 16.0 Å². The first-order valence-corrected chi connectivity index (χ1v) is 9.97. The fraction of sp³-hybridized carbons (Fsp3) is 0.348. The number of esters is 1. The molecule has 158 valence electrons. The van der Waals surface area contributed by atoms with Gasteiger partial charge in [-0.05, 0) is 48.6 Å². The number of anilines is 2. The van der Waals surface area contributed by atoms with Gasteiger partial charge in [0.2, 0.25) is 5.91 Å². The van der Waals surface area contributed by atoms with Gasteiger partial charge >= 0.3 is 12.0 Å². The largest absolute Gasteiger partial charge is 0.465 e. The van der Waals surface area contributed by atoms with Gasteiger partial charge in [0, 0.05) is 12.2 Å². The van der Waals surface area contributed by atoms with Crippen LogP contribution >= 0.6 is 0 Å². The summed E-state index contributed by atoms with van der Waals surface area (Å²) in [5.74, 6) is -0.813. The maximum Gasteiger partial charge on any atom is 0.339 e. The van der Waals surface area contributed by atoms with E-state index in [4.69, 9.17) is 4.74 Å². The average Bonchev–Trinajstić information content (AvgIpc) is 3.15. The number of rotatable bonds is 5. The normalized spacial score (nSPS) is 13.6. The zero-order valence-corrected chi connectivity index (χ0v) is 17.7. The van der Waals surface area contributed by atoms with Crippen LogP contribution < -0.4 is 15.5 Å². The number of hydrogen-bond donors (Lipinski definition) is 2. The van der Waals surface area contributed by atoms with E-state index in [1.54, 1.807) is 23.1 Å². The molecule has 0 saturated heterocycles. The van der Waals surface area contributed by atoms with E-state index in [-0.39, 0.29) is 17.4 Å². The molecule has 7 heteroatoms. The second-order valence-electron chi connectivity index (χ2n) is 7.73. The smallest absolute Gasteiger partial charge is 0.339 e. The number of ether oxygens (including phenoxy) is 1. The second-order valence-corrected chi connectivity index (χ2v) is 7.73. The minimum atomic E-state index is -0.706. The van der Waals surface area contributed by atoms with E-state index in [1.807, 2.05) is 45.0 Å². The molecule has 0 saturated carbocycles. The Morgan fingerprint density at radius 2 is 1.83 bits per heavy atom. The van der Waals surface area contributed by atoms with Crippen molar-refractivity contribution in [1.29, 1.82) is 0 Å². The molecule has 3 rings (SSSR count). The SMILES string of the molecule is COC(=O)c1ccc(C)cc1NC(=O)NC(C(=O)N1CCc2ccccc21)C(C)C. The number of carbonyl (C=O) groups is 3. The van der Waals surface area contributed by atoms with Crippen molar-refractivity contribution in [2.75, 3.05) is 23.9 Å². The van der Waals surface area contributed by atoms with Crippen LogP contribution in [0.4, 0.5) is 16.2 Å². The maximum absolute atomic E-state index is 13.2. The number of aryl methyl sites for hydroxylation is 1. The van der Waals surface area contributed by atoms with Crippen LogP contribution in [0, 0.1) is 12.8 Å². The fourth-order valence-electron chi connectivity index (χ4n) is 3.60. The average molecular weight is 409 g/mol. The first-order valence-electron chi connectivity index (χ1n) is 9.97. The van der Waals surface area contributed by atoms with Crippen LogP contribution in [0.3, 0.4) is 0 Å². The third-order valence-electron chi connectivity index (χ3n) is 5.20. The number of benzene rings is 2. The van der Waals surface area contributed by atoms with Gasteiger partial charge in [0.05, 0.1) is 18.4 Å². The Labute approximate surface area is 176 Å². The Morgan fingerprint density at radius 1 is 1.10 bits per heavy atom. The molecule has 0 aromatic heterocycles. The number of para-hydroxylation sites is 1. The highest BCUT2D eigenvalue weighted by Gasteiger charge is 2.33. The summed E-state index contributed by atoms with van der Waals surface area (Å²) in [7, 11) is 1.29. The zero-order valence-electron chi connectivity index (χ0n) is 17.7. The molecule has 0 aliphatic carbocycles. The molecule has 0 fully saturated rings. The number of methoxy groups -OCH3 is 1. The van der Waals surface area contributed by atoms with Crippen molar-refractivity contribution in [2.45, 2.75) is 33.2 Å². The fourth-order valence-corrected chi connectivity index (χ4v) is 3.60. The van der Waals surface area contributed by atoms with Gasteiger partial charge in [-0.1, -0.05) is 38.1 Å². The van der Waals surface area contributed by atoms with Crippen molar-refractivity contribution in [3.05, 3.63) is 59.2 Å². The quantitative estimate of drug-likeness (QED) is 0.740. The van der Waals surface area contributed by atoms with E-state index in [2.05, 4.69) is 10.6 Å². The summed E-state index contributed by atoms with van der Waals surface area (Å²) in [6.07, 6.45) is 0.796. The predicted molar refractivity (Wildman–Crippen MR) is 116 cm³/mol. The summed E-state index contributed by atoms with van der Waals surface area (Å²) >= 11 is 0. The lowest BCUT2D eigenvalue weighted by molar-refractivity contribution is -0.121. The van der Waals surface area contributed by atoms with Crippen LogP contribution in [0.5, 0.6) is 0 Å². The van der Waals surface area contributed by atoms with Gasteiger partial charge in [0.1, 0.15) is 6.04 Å². The number of nitrogens with zero attached hydrogens (tertiary/aromatic N) is 1. The molecule has 1 atom stereocenters. The zero-order chi connectivity index (χ0) is 21.8. The molecular weight excluding hydrogens is 382 g/mol. The highest BCUT2D eigenvalue weighted by Crippen LogP contribution is 2.28. The number of nitrogens with one attached hydrogen (secondary N) is 2. The molecule has 1 unspecified atom stereocenters. The molecule has 0 bridgehead atoms. The molecule has 7 nitrogen and oxygen atoms in total. The van der Waals surface area contributed by atoms with Gasteiger partial charge in [-0.3, -0.25) is 4.79 Å². The molecule has 0 spiro atoms. The summed E-state index contributed by atoms with van der Waals surface area (Å²) in [6.45, 7) is 6.22. The van der Waals surface area contributed by atoms with E-state index >= 15 is 0 Å². The van der Waals surface area contributed by atoms with E-state index in [9.17, 15) is 14.4 Å². The Morgan fingerprint density at radius 3 is 2.53 bits per heavy atom. The first kappa shape index (κ1) is 21.4. The molecule has 3 amide bonds. The molecular formula is C23H27N3O4. The van der Waals surface area contributed by atoms with Crippen molar-refractivity contribution in [3.8, 4) is 0 Å². The highest BCUT2D eigenvalue weighted by atomic mass is 16.5. The van der Waals surface area contributed by atoms with Gasteiger partial charge in [-0.2, -0.15) is 0 Å². The van der Waals surface area contributed by atoms with Crippen molar-refractivity contribution in [3.63, 3.8) is 0 Å². The molecule has 2 aromatic rings. The van der Waals surface area contributed by atoms with Crippen LogP contribution in [0.25, 0.3) is 0 Å². The summed E-state index contributed by atoms with van der Waals surface area (Å²) < 4.78 is 4.79. The molecule has 1 aliphatic heterocycles. The molecule has 1 heterocycles. The topological polar surface area (TPSA) is 87.7 Å². The van der Waals surface area contributed by atoms with Crippen molar-refractivity contribution < 1.29 is 19.1 Å². The van der Waals surface area contributed by atoms with E-state index < -0.39 is 18.0 Å². The van der Waals surface area contributed by atoms with Gasteiger partial charge in [0.15, 0.2) is 0 Å². The summed E-state index contributed by atoms with van der Waals surface area (Å²) in [5, 5.41) is 5.48. The number of amides is 3. The summed E-state index contributed by atoms with van der Waals surface area (Å²) in [6, 6.07) is 11.6. The maximum atomic E-state index is 13.2. The van der Waals surface area contributed by atoms with Crippen LogP contribution in [0.2, 0.25) is 0 Å². The Balaban J connectivity index is 1.77. The van der Waals surface area contributed by atoms with Gasteiger partial charge in [-0.25, -0.2) is 9.59 Å². The molecule has 0 radical (unpaired) electrons. The lowest BCUT2D eigenvalue weighted by atomic mass is 10.0. The third-order valence-corrected chi connectivity index (χ3v) is 5.20.